The number of sulfonamides is 1. The third-order valence-electron chi connectivity index (χ3n) is 2.44. The molecule has 0 aliphatic rings. The van der Waals surface area contributed by atoms with E-state index in [1.165, 1.54) is 12.1 Å². The molecule has 0 heterocycles. The second-order valence-corrected chi connectivity index (χ2v) is 6.48. The van der Waals surface area contributed by atoms with Crippen LogP contribution in [-0.4, -0.2) is 14.3 Å². The standard InChI is InChI=1S/C13H11BrN2O3S/c14-11-6-4-5-10(9-11)13(17)15-16-20(18,19)12-7-2-1-3-8-12/h1-9,16H,(H,15,17). The molecule has 20 heavy (non-hydrogen) atoms. The molecule has 1 amide bonds. The molecule has 2 aromatic carbocycles. The Morgan fingerprint density at radius 1 is 1.00 bits per heavy atom. The quantitative estimate of drug-likeness (QED) is 0.825. The van der Waals surface area contributed by atoms with Gasteiger partial charge in [-0.15, -0.1) is 4.83 Å². The van der Waals surface area contributed by atoms with E-state index in [2.05, 4.69) is 26.2 Å². The second-order valence-electron chi connectivity index (χ2n) is 3.88. The Labute approximate surface area is 125 Å². The number of hydrogen-bond donors (Lipinski definition) is 2. The van der Waals surface area contributed by atoms with Gasteiger partial charge in [-0.2, -0.15) is 0 Å². The van der Waals surface area contributed by atoms with Crippen LogP contribution >= 0.6 is 15.9 Å². The Morgan fingerprint density at radius 3 is 2.35 bits per heavy atom. The van der Waals surface area contributed by atoms with Crippen LogP contribution in [0.3, 0.4) is 0 Å². The lowest BCUT2D eigenvalue weighted by Crippen LogP contribution is -2.41. The van der Waals surface area contributed by atoms with Gasteiger partial charge in [-0.1, -0.05) is 40.2 Å². The molecule has 0 atom stereocenters. The molecule has 0 saturated carbocycles. The molecule has 0 spiro atoms. The molecule has 0 bridgehead atoms. The summed E-state index contributed by atoms with van der Waals surface area (Å²) >= 11 is 3.24. The lowest BCUT2D eigenvalue weighted by molar-refractivity contribution is 0.0945. The van der Waals surface area contributed by atoms with Gasteiger partial charge in [0.25, 0.3) is 15.9 Å². The molecule has 0 radical (unpaired) electrons. The highest BCUT2D eigenvalue weighted by Crippen LogP contribution is 2.11. The fraction of sp³-hybridized carbons (Fsp3) is 0. The first kappa shape index (κ1) is 14.7. The van der Waals surface area contributed by atoms with Crippen LogP contribution in [0.5, 0.6) is 0 Å². The molecule has 104 valence electrons. The first-order valence-electron chi connectivity index (χ1n) is 5.62. The highest BCUT2D eigenvalue weighted by atomic mass is 79.9. The van der Waals surface area contributed by atoms with Gasteiger partial charge in [0.2, 0.25) is 0 Å². The third-order valence-corrected chi connectivity index (χ3v) is 4.20. The van der Waals surface area contributed by atoms with Crippen LogP contribution in [0.4, 0.5) is 0 Å². The number of hydrogen-bond acceptors (Lipinski definition) is 3. The zero-order chi connectivity index (χ0) is 14.6. The Morgan fingerprint density at radius 2 is 1.70 bits per heavy atom. The maximum atomic E-state index is 11.9. The van der Waals surface area contributed by atoms with E-state index < -0.39 is 15.9 Å². The van der Waals surface area contributed by atoms with E-state index in [0.29, 0.717) is 5.56 Å². The van der Waals surface area contributed by atoms with Crippen molar-refractivity contribution < 1.29 is 13.2 Å². The lowest BCUT2D eigenvalue weighted by atomic mass is 10.2. The fourth-order valence-electron chi connectivity index (χ4n) is 1.47. The number of amides is 1. The Hall–Kier alpha value is -1.70. The van der Waals surface area contributed by atoms with Gasteiger partial charge in [-0.3, -0.25) is 10.2 Å². The molecule has 2 rings (SSSR count). The number of carbonyl (C=O) groups excluding carboxylic acids is 1. The predicted octanol–water partition coefficient (Wildman–Crippen LogP) is 2.07. The molecule has 0 fully saturated rings. The van der Waals surface area contributed by atoms with Crippen molar-refractivity contribution >= 4 is 31.9 Å². The Balaban J connectivity index is 2.07. The van der Waals surface area contributed by atoms with Gasteiger partial charge in [-0.05, 0) is 30.3 Å². The highest BCUT2D eigenvalue weighted by molar-refractivity contribution is 9.10. The van der Waals surface area contributed by atoms with Crippen LogP contribution in [0.15, 0.2) is 64.0 Å². The topological polar surface area (TPSA) is 75.3 Å². The molecule has 0 saturated heterocycles. The van der Waals surface area contributed by atoms with Crippen LogP contribution in [-0.2, 0) is 10.0 Å². The Kier molecular flexibility index (Phi) is 4.53. The van der Waals surface area contributed by atoms with Gasteiger partial charge in [0.15, 0.2) is 0 Å². The SMILES string of the molecule is O=C(NNS(=O)(=O)c1ccccc1)c1cccc(Br)c1. The van der Waals surface area contributed by atoms with E-state index in [4.69, 9.17) is 0 Å². The smallest absolute Gasteiger partial charge is 0.266 e. The number of hydrazine groups is 1. The molecule has 0 aliphatic carbocycles. The summed E-state index contributed by atoms with van der Waals surface area (Å²) in [5.41, 5.74) is 2.51. The van der Waals surface area contributed by atoms with Crippen molar-refractivity contribution in [1.82, 2.24) is 10.3 Å². The van der Waals surface area contributed by atoms with Gasteiger partial charge in [0.1, 0.15) is 0 Å². The summed E-state index contributed by atoms with van der Waals surface area (Å²) in [6.45, 7) is 0. The number of rotatable bonds is 4. The Bertz CT molecular complexity index is 717. The molecule has 5 nitrogen and oxygen atoms in total. The van der Waals surface area contributed by atoms with E-state index in [9.17, 15) is 13.2 Å². The van der Waals surface area contributed by atoms with E-state index >= 15 is 0 Å². The van der Waals surface area contributed by atoms with Gasteiger partial charge >= 0.3 is 0 Å². The van der Waals surface area contributed by atoms with E-state index in [-0.39, 0.29) is 4.90 Å². The molecule has 7 heteroatoms. The predicted molar refractivity (Wildman–Crippen MR) is 78.4 cm³/mol. The summed E-state index contributed by atoms with van der Waals surface area (Å²) in [6, 6.07) is 14.4. The first-order valence-corrected chi connectivity index (χ1v) is 7.89. The van der Waals surface area contributed by atoms with Crippen molar-refractivity contribution in [2.24, 2.45) is 0 Å². The maximum absolute atomic E-state index is 11.9. The van der Waals surface area contributed by atoms with Gasteiger partial charge in [0.05, 0.1) is 4.90 Å². The lowest BCUT2D eigenvalue weighted by Gasteiger charge is -2.08. The average molecular weight is 355 g/mol. The summed E-state index contributed by atoms with van der Waals surface area (Å²) in [5, 5.41) is 0. The maximum Gasteiger partial charge on any atom is 0.266 e. The summed E-state index contributed by atoms with van der Waals surface area (Å²) in [5.74, 6) is -0.536. The number of benzene rings is 2. The normalized spacial score (nSPS) is 11.1. The van der Waals surface area contributed by atoms with Crippen LogP contribution in [0, 0.1) is 0 Å². The van der Waals surface area contributed by atoms with E-state index in [1.54, 1.807) is 42.5 Å². The van der Waals surface area contributed by atoms with Crippen LogP contribution in [0.25, 0.3) is 0 Å². The molecule has 2 N–H and O–H groups in total. The van der Waals surface area contributed by atoms with Crippen LogP contribution < -0.4 is 10.3 Å². The molecule has 2 aromatic rings. The van der Waals surface area contributed by atoms with Gasteiger partial charge in [0, 0.05) is 10.0 Å². The van der Waals surface area contributed by atoms with Crippen LogP contribution in [0.2, 0.25) is 0 Å². The highest BCUT2D eigenvalue weighted by Gasteiger charge is 2.15. The number of carbonyl (C=O) groups is 1. The summed E-state index contributed by atoms with van der Waals surface area (Å²) in [7, 11) is -3.77. The monoisotopic (exact) mass is 354 g/mol. The third kappa shape index (κ3) is 3.66. The minimum absolute atomic E-state index is 0.0783. The van der Waals surface area contributed by atoms with Crippen molar-refractivity contribution in [3.05, 3.63) is 64.6 Å². The molecular weight excluding hydrogens is 344 g/mol. The summed E-state index contributed by atoms with van der Waals surface area (Å²) in [4.78, 5) is 13.9. The molecule has 0 aromatic heterocycles. The number of halogens is 1. The van der Waals surface area contributed by atoms with Crippen molar-refractivity contribution in [2.45, 2.75) is 4.90 Å². The summed E-state index contributed by atoms with van der Waals surface area (Å²) < 4.78 is 24.5. The van der Waals surface area contributed by atoms with E-state index in [0.717, 1.165) is 4.47 Å². The number of nitrogens with one attached hydrogen (secondary N) is 2. The summed E-state index contributed by atoms with van der Waals surface area (Å²) in [6.07, 6.45) is 0. The van der Waals surface area contributed by atoms with Gasteiger partial charge < -0.3 is 0 Å². The molecular formula is C13H11BrN2O3S. The van der Waals surface area contributed by atoms with Gasteiger partial charge in [-0.25, -0.2) is 8.42 Å². The van der Waals surface area contributed by atoms with Crippen molar-refractivity contribution in [3.8, 4) is 0 Å². The first-order chi connectivity index (χ1) is 9.49. The second kappa shape index (κ2) is 6.17. The van der Waals surface area contributed by atoms with E-state index in [1.807, 2.05) is 0 Å². The zero-order valence-corrected chi connectivity index (χ0v) is 12.6. The van der Waals surface area contributed by atoms with Crippen molar-refractivity contribution in [3.63, 3.8) is 0 Å². The molecule has 0 unspecified atom stereocenters. The average Bonchev–Trinajstić information content (AvgIpc) is 2.46. The largest absolute Gasteiger partial charge is 0.273 e. The van der Waals surface area contributed by atoms with Crippen LogP contribution in [0.1, 0.15) is 10.4 Å². The fourth-order valence-corrected chi connectivity index (χ4v) is 2.73. The zero-order valence-electron chi connectivity index (χ0n) is 10.2. The van der Waals surface area contributed by atoms with Crippen molar-refractivity contribution in [2.75, 3.05) is 0 Å². The van der Waals surface area contributed by atoms with Crippen molar-refractivity contribution in [1.29, 1.82) is 0 Å². The minimum atomic E-state index is -3.77. The molecule has 0 aliphatic heterocycles. The minimum Gasteiger partial charge on any atom is -0.273 e.